The molecule has 0 saturated carbocycles. The van der Waals surface area contributed by atoms with Crippen LogP contribution in [0, 0.1) is 0 Å². The first-order valence-corrected chi connectivity index (χ1v) is 8.99. The van der Waals surface area contributed by atoms with Crippen molar-refractivity contribution in [1.29, 1.82) is 0 Å². The molecular formula is C15H16F2N4O3S. The molecule has 1 aromatic heterocycles. The van der Waals surface area contributed by atoms with E-state index >= 15 is 0 Å². The van der Waals surface area contributed by atoms with Crippen molar-refractivity contribution in [3.63, 3.8) is 0 Å². The zero-order valence-electron chi connectivity index (χ0n) is 13.2. The lowest BCUT2D eigenvalue weighted by Crippen LogP contribution is -2.29. The molecule has 134 valence electrons. The minimum Gasteiger partial charge on any atom is -0.435 e. The van der Waals surface area contributed by atoms with Crippen LogP contribution in [-0.2, 0) is 16.4 Å². The Morgan fingerprint density at radius 3 is 2.80 bits per heavy atom. The van der Waals surface area contributed by atoms with Gasteiger partial charge in [-0.1, -0.05) is 6.07 Å². The van der Waals surface area contributed by atoms with Gasteiger partial charge >= 0.3 is 6.61 Å². The molecule has 10 heteroatoms. The van der Waals surface area contributed by atoms with Crippen molar-refractivity contribution in [1.82, 2.24) is 19.9 Å². The van der Waals surface area contributed by atoms with E-state index in [9.17, 15) is 17.2 Å². The second kappa shape index (κ2) is 6.89. The van der Waals surface area contributed by atoms with E-state index in [-0.39, 0.29) is 17.1 Å². The topological polar surface area (TPSA) is 97.0 Å². The second-order valence-corrected chi connectivity index (χ2v) is 7.33. The summed E-state index contributed by atoms with van der Waals surface area (Å²) < 4.78 is 56.6. The van der Waals surface area contributed by atoms with Crippen LogP contribution in [0.25, 0.3) is 6.08 Å². The number of benzene rings is 1. The Balaban J connectivity index is 1.80. The van der Waals surface area contributed by atoms with Gasteiger partial charge in [0.15, 0.2) is 0 Å². The fourth-order valence-corrected chi connectivity index (χ4v) is 4.00. The highest BCUT2D eigenvalue weighted by Crippen LogP contribution is 2.30. The van der Waals surface area contributed by atoms with Gasteiger partial charge in [0.2, 0.25) is 10.0 Å². The van der Waals surface area contributed by atoms with Gasteiger partial charge < -0.3 is 4.74 Å². The van der Waals surface area contributed by atoms with Gasteiger partial charge in [-0.3, -0.25) is 5.10 Å². The van der Waals surface area contributed by atoms with Crippen molar-refractivity contribution in [3.05, 3.63) is 46.4 Å². The first-order valence-electron chi connectivity index (χ1n) is 7.51. The lowest BCUT2D eigenvalue weighted by atomic mass is 9.97. The molecule has 1 atom stereocenters. The number of aromatic amines is 1. The van der Waals surface area contributed by atoms with E-state index in [0.29, 0.717) is 17.8 Å². The zero-order valence-corrected chi connectivity index (χ0v) is 14.1. The minimum atomic E-state index is -3.71. The molecule has 2 aromatic rings. The van der Waals surface area contributed by atoms with Crippen molar-refractivity contribution in [2.45, 2.75) is 32.4 Å². The summed E-state index contributed by atoms with van der Waals surface area (Å²) >= 11 is 0. The molecule has 0 amide bonds. The van der Waals surface area contributed by atoms with Crippen LogP contribution in [0.3, 0.4) is 0 Å². The number of hydrogen-bond donors (Lipinski definition) is 2. The summed E-state index contributed by atoms with van der Waals surface area (Å²) in [6.07, 6.45) is 3.53. The summed E-state index contributed by atoms with van der Waals surface area (Å²) in [4.78, 5) is 4.16. The Morgan fingerprint density at radius 1 is 1.32 bits per heavy atom. The maximum Gasteiger partial charge on any atom is 0.387 e. The Bertz CT molecular complexity index is 882. The summed E-state index contributed by atoms with van der Waals surface area (Å²) in [5, 5.41) is 6.31. The number of aryl methyl sites for hydroxylation is 1. The van der Waals surface area contributed by atoms with Gasteiger partial charge in [-0.25, -0.2) is 18.1 Å². The van der Waals surface area contributed by atoms with Gasteiger partial charge in [-0.05, 0) is 49.1 Å². The van der Waals surface area contributed by atoms with Crippen LogP contribution in [0.2, 0.25) is 0 Å². The lowest BCUT2D eigenvalue weighted by molar-refractivity contribution is -0.0498. The first kappa shape index (κ1) is 17.5. The number of alkyl halides is 2. The Morgan fingerprint density at radius 2 is 2.12 bits per heavy atom. The first-order chi connectivity index (χ1) is 11.8. The van der Waals surface area contributed by atoms with E-state index in [4.69, 9.17) is 0 Å². The average Bonchev–Trinajstić information content (AvgIpc) is 3.08. The van der Waals surface area contributed by atoms with Gasteiger partial charge in [-0.15, -0.1) is 0 Å². The number of rotatable bonds is 6. The highest BCUT2D eigenvalue weighted by molar-refractivity contribution is 7.93. The fourth-order valence-electron chi connectivity index (χ4n) is 2.62. The number of ether oxygens (including phenoxy) is 1. The number of fused-ring (bicyclic) bond motifs is 1. The molecular weight excluding hydrogens is 354 g/mol. The average molecular weight is 370 g/mol. The van der Waals surface area contributed by atoms with E-state index in [0.717, 1.165) is 5.56 Å². The van der Waals surface area contributed by atoms with E-state index in [1.54, 1.807) is 19.1 Å². The molecule has 0 spiro atoms. The van der Waals surface area contributed by atoms with Crippen molar-refractivity contribution >= 4 is 16.1 Å². The number of halogens is 2. The molecule has 1 aromatic carbocycles. The van der Waals surface area contributed by atoms with Crippen LogP contribution < -0.4 is 9.46 Å². The van der Waals surface area contributed by atoms with Crippen molar-refractivity contribution in [2.75, 3.05) is 0 Å². The smallest absolute Gasteiger partial charge is 0.387 e. The molecule has 1 aliphatic carbocycles. The second-order valence-electron chi connectivity index (χ2n) is 5.56. The summed E-state index contributed by atoms with van der Waals surface area (Å²) in [5.41, 5.74) is 1.43. The summed E-state index contributed by atoms with van der Waals surface area (Å²) in [5.74, 6) is 0.472. The number of nitrogens with zero attached hydrogens (tertiary/aromatic N) is 2. The Labute approximate surface area is 143 Å². The summed E-state index contributed by atoms with van der Waals surface area (Å²) in [6.45, 7) is -1.24. The van der Waals surface area contributed by atoms with E-state index in [1.165, 1.54) is 18.5 Å². The Hall–Kier alpha value is -2.33. The van der Waals surface area contributed by atoms with Crippen LogP contribution in [0.15, 0.2) is 29.4 Å². The highest BCUT2D eigenvalue weighted by Gasteiger charge is 2.25. The number of H-pyrrole nitrogens is 1. The van der Waals surface area contributed by atoms with Crippen molar-refractivity contribution in [2.24, 2.45) is 0 Å². The Kier molecular flexibility index (Phi) is 4.82. The number of sulfonamides is 1. The third-order valence-corrected chi connectivity index (χ3v) is 5.49. The van der Waals surface area contributed by atoms with Crippen molar-refractivity contribution < 1.29 is 21.9 Å². The van der Waals surface area contributed by atoms with Crippen LogP contribution in [-0.4, -0.2) is 30.2 Å². The normalized spacial score (nSPS) is 15.6. The van der Waals surface area contributed by atoms with Gasteiger partial charge in [0.25, 0.3) is 0 Å². The van der Waals surface area contributed by atoms with Crippen LogP contribution in [0.1, 0.15) is 36.3 Å². The van der Waals surface area contributed by atoms with E-state index < -0.39 is 22.7 Å². The van der Waals surface area contributed by atoms with Gasteiger partial charge in [0.05, 0.1) is 10.9 Å². The number of aromatic nitrogens is 3. The molecule has 0 bridgehead atoms. The maximum atomic E-state index is 12.5. The van der Waals surface area contributed by atoms with Crippen molar-refractivity contribution in [3.8, 4) is 5.75 Å². The predicted octanol–water partition coefficient (Wildman–Crippen LogP) is 2.37. The molecule has 25 heavy (non-hydrogen) atoms. The number of allylic oxidation sites excluding steroid dienone is 1. The molecule has 3 rings (SSSR count). The largest absolute Gasteiger partial charge is 0.435 e. The molecule has 0 saturated heterocycles. The monoisotopic (exact) mass is 370 g/mol. The molecule has 1 aliphatic rings. The summed E-state index contributed by atoms with van der Waals surface area (Å²) in [7, 11) is -3.71. The number of hydrogen-bond acceptors (Lipinski definition) is 5. The molecule has 0 aliphatic heterocycles. The molecule has 1 unspecified atom stereocenters. The predicted molar refractivity (Wildman–Crippen MR) is 86.2 cm³/mol. The van der Waals surface area contributed by atoms with E-state index in [2.05, 4.69) is 24.6 Å². The van der Waals surface area contributed by atoms with Gasteiger partial charge in [0.1, 0.15) is 17.9 Å². The quantitative estimate of drug-likeness (QED) is 0.814. The summed E-state index contributed by atoms with van der Waals surface area (Å²) in [6, 6.07) is 3.91. The third-order valence-electron chi connectivity index (χ3n) is 3.82. The molecule has 2 N–H and O–H groups in total. The van der Waals surface area contributed by atoms with Crippen LogP contribution >= 0.6 is 0 Å². The third kappa shape index (κ3) is 4.02. The minimum absolute atomic E-state index is 0.0607. The lowest BCUT2D eigenvalue weighted by Gasteiger charge is -2.19. The number of nitrogens with one attached hydrogen (secondary N) is 2. The molecule has 1 heterocycles. The SMILES string of the molecule is CC(NS(=O)(=O)C1=Cc2ccc(OC(F)F)cc2CC1)c1ncn[nH]1. The maximum absolute atomic E-state index is 12.5. The fraction of sp³-hybridized carbons (Fsp3) is 0.333. The molecule has 0 radical (unpaired) electrons. The van der Waals surface area contributed by atoms with Crippen LogP contribution in [0.5, 0.6) is 5.75 Å². The van der Waals surface area contributed by atoms with E-state index in [1.807, 2.05) is 0 Å². The van der Waals surface area contributed by atoms with Crippen LogP contribution in [0.4, 0.5) is 8.78 Å². The van der Waals surface area contributed by atoms with Gasteiger partial charge in [0, 0.05) is 0 Å². The highest BCUT2D eigenvalue weighted by atomic mass is 32.2. The van der Waals surface area contributed by atoms with Gasteiger partial charge in [-0.2, -0.15) is 13.9 Å². The molecule has 7 nitrogen and oxygen atoms in total. The standard InChI is InChI=1S/C15H16F2N4O3S/c1-9(14-18-8-19-20-14)21-25(22,23)13-5-3-10-6-12(24-15(16)17)4-2-11(10)7-13/h2,4,6-9,15,21H,3,5H2,1H3,(H,18,19,20). The molecule has 0 fully saturated rings. The zero-order chi connectivity index (χ0) is 18.0.